The molecule has 2 amide bonds. The highest BCUT2D eigenvalue weighted by molar-refractivity contribution is 5.99. The van der Waals surface area contributed by atoms with Gasteiger partial charge in [-0.2, -0.15) is 0 Å². The molecule has 1 saturated heterocycles. The van der Waals surface area contributed by atoms with E-state index < -0.39 is 0 Å². The molecule has 1 aromatic heterocycles. The molecule has 1 aliphatic heterocycles. The maximum absolute atomic E-state index is 12.9. The van der Waals surface area contributed by atoms with E-state index in [1.54, 1.807) is 0 Å². The molecule has 5 nitrogen and oxygen atoms in total. The molecule has 0 bridgehead atoms. The van der Waals surface area contributed by atoms with Crippen molar-refractivity contribution in [2.24, 2.45) is 5.92 Å². The first-order chi connectivity index (χ1) is 12.6. The fourth-order valence-corrected chi connectivity index (χ4v) is 4.47. The Kier molecular flexibility index (Phi) is 4.70. The van der Waals surface area contributed by atoms with Crippen LogP contribution >= 0.6 is 0 Å². The van der Waals surface area contributed by atoms with Crippen LogP contribution in [0.4, 0.5) is 5.69 Å². The number of nitrogens with zero attached hydrogens (tertiary/aromatic N) is 1. The predicted molar refractivity (Wildman–Crippen MR) is 103 cm³/mol. The lowest BCUT2D eigenvalue weighted by molar-refractivity contribution is -0.141. The van der Waals surface area contributed by atoms with Crippen LogP contribution in [0.25, 0.3) is 10.9 Å². The van der Waals surface area contributed by atoms with Gasteiger partial charge in [0.05, 0.1) is 0 Å². The number of aryl methyl sites for hydroxylation is 1. The Hall–Kier alpha value is -2.30. The minimum atomic E-state index is -0.326. The van der Waals surface area contributed by atoms with Crippen LogP contribution in [-0.2, 0) is 9.59 Å². The number of carbonyl (C=O) groups is 2. The SMILES string of the molecule is Cc1cc2cc(NC(=O)[C@@H]3CCCN3C(=O)C3CCCCC3)ccc2[nH]1. The quantitative estimate of drug-likeness (QED) is 0.876. The summed E-state index contributed by atoms with van der Waals surface area (Å²) < 4.78 is 0. The molecule has 1 saturated carbocycles. The number of fused-ring (bicyclic) bond motifs is 1. The van der Waals surface area contributed by atoms with E-state index in [0.717, 1.165) is 60.8 Å². The maximum Gasteiger partial charge on any atom is 0.247 e. The molecule has 26 heavy (non-hydrogen) atoms. The maximum atomic E-state index is 12.9. The van der Waals surface area contributed by atoms with Gasteiger partial charge in [-0.3, -0.25) is 9.59 Å². The molecule has 2 fully saturated rings. The molecule has 2 heterocycles. The van der Waals surface area contributed by atoms with E-state index in [4.69, 9.17) is 0 Å². The summed E-state index contributed by atoms with van der Waals surface area (Å²) in [7, 11) is 0. The zero-order valence-corrected chi connectivity index (χ0v) is 15.4. The van der Waals surface area contributed by atoms with E-state index in [1.165, 1.54) is 6.42 Å². The first kappa shape index (κ1) is 17.1. The summed E-state index contributed by atoms with van der Waals surface area (Å²) in [6.07, 6.45) is 7.13. The van der Waals surface area contributed by atoms with Gasteiger partial charge >= 0.3 is 0 Å². The highest BCUT2D eigenvalue weighted by atomic mass is 16.2. The molecule has 0 unspecified atom stereocenters. The summed E-state index contributed by atoms with van der Waals surface area (Å²) in [4.78, 5) is 30.9. The van der Waals surface area contributed by atoms with Gasteiger partial charge in [-0.25, -0.2) is 0 Å². The Balaban J connectivity index is 1.46. The van der Waals surface area contributed by atoms with E-state index in [-0.39, 0.29) is 23.8 Å². The number of carbonyl (C=O) groups excluding carboxylic acids is 2. The highest BCUT2D eigenvalue weighted by Gasteiger charge is 2.37. The van der Waals surface area contributed by atoms with Gasteiger partial charge in [-0.05, 0) is 56.9 Å². The lowest BCUT2D eigenvalue weighted by Gasteiger charge is -2.30. The smallest absolute Gasteiger partial charge is 0.247 e. The van der Waals surface area contributed by atoms with Crippen molar-refractivity contribution in [3.8, 4) is 0 Å². The lowest BCUT2D eigenvalue weighted by Crippen LogP contribution is -2.46. The minimum Gasteiger partial charge on any atom is -0.359 e. The monoisotopic (exact) mass is 353 g/mol. The van der Waals surface area contributed by atoms with Crippen molar-refractivity contribution in [2.45, 2.75) is 57.9 Å². The molecule has 2 aliphatic rings. The molecule has 1 aliphatic carbocycles. The fourth-order valence-electron chi connectivity index (χ4n) is 4.47. The van der Waals surface area contributed by atoms with Crippen LogP contribution in [0.2, 0.25) is 0 Å². The number of amides is 2. The summed E-state index contributed by atoms with van der Waals surface area (Å²) >= 11 is 0. The number of likely N-dealkylation sites (tertiary alicyclic amines) is 1. The molecule has 2 N–H and O–H groups in total. The van der Waals surface area contributed by atoms with Crippen molar-refractivity contribution in [3.05, 3.63) is 30.0 Å². The van der Waals surface area contributed by atoms with E-state index in [2.05, 4.69) is 16.4 Å². The molecule has 0 spiro atoms. The average molecular weight is 353 g/mol. The molecule has 1 atom stereocenters. The van der Waals surface area contributed by atoms with Crippen LogP contribution in [0.3, 0.4) is 0 Å². The molecular weight excluding hydrogens is 326 g/mol. The molecule has 138 valence electrons. The lowest BCUT2D eigenvalue weighted by atomic mass is 9.88. The Morgan fingerprint density at radius 3 is 2.69 bits per heavy atom. The van der Waals surface area contributed by atoms with Crippen molar-refractivity contribution in [1.82, 2.24) is 9.88 Å². The third-order valence-electron chi connectivity index (χ3n) is 5.82. The third-order valence-corrected chi connectivity index (χ3v) is 5.82. The third kappa shape index (κ3) is 3.35. The number of hydrogen-bond acceptors (Lipinski definition) is 2. The number of anilines is 1. The second-order valence-corrected chi connectivity index (χ2v) is 7.77. The summed E-state index contributed by atoms with van der Waals surface area (Å²) in [6.45, 7) is 2.73. The van der Waals surface area contributed by atoms with Gasteiger partial charge in [-0.1, -0.05) is 19.3 Å². The summed E-state index contributed by atoms with van der Waals surface area (Å²) in [5, 5.41) is 4.11. The van der Waals surface area contributed by atoms with Crippen LogP contribution in [-0.4, -0.2) is 34.3 Å². The van der Waals surface area contributed by atoms with Crippen molar-refractivity contribution < 1.29 is 9.59 Å². The number of hydrogen-bond donors (Lipinski definition) is 2. The number of nitrogens with one attached hydrogen (secondary N) is 2. The van der Waals surface area contributed by atoms with Gasteiger partial charge in [0.1, 0.15) is 6.04 Å². The standard InChI is InChI=1S/C21H27N3O2/c1-14-12-16-13-17(9-10-18(16)22-14)23-20(25)19-8-5-11-24(19)21(26)15-6-3-2-4-7-15/h9-10,12-13,15,19,22H,2-8,11H2,1H3,(H,23,25)/t19-/m0/s1. The molecular formula is C21H27N3O2. The second kappa shape index (κ2) is 7.14. The largest absolute Gasteiger partial charge is 0.359 e. The summed E-state index contributed by atoms with van der Waals surface area (Å²) in [6, 6.07) is 7.63. The van der Waals surface area contributed by atoms with Crippen LogP contribution in [0, 0.1) is 12.8 Å². The first-order valence-corrected chi connectivity index (χ1v) is 9.82. The topological polar surface area (TPSA) is 65.2 Å². The van der Waals surface area contributed by atoms with Crippen LogP contribution in [0.1, 0.15) is 50.6 Å². The fraction of sp³-hybridized carbons (Fsp3) is 0.524. The zero-order chi connectivity index (χ0) is 18.1. The Morgan fingerprint density at radius 2 is 1.88 bits per heavy atom. The van der Waals surface area contributed by atoms with E-state index >= 15 is 0 Å². The molecule has 2 aromatic rings. The van der Waals surface area contributed by atoms with Gasteiger partial charge in [0.25, 0.3) is 0 Å². The van der Waals surface area contributed by atoms with E-state index in [9.17, 15) is 9.59 Å². The predicted octanol–water partition coefficient (Wildman–Crippen LogP) is 3.99. The average Bonchev–Trinajstić information content (AvgIpc) is 3.27. The van der Waals surface area contributed by atoms with Gasteiger partial charge in [-0.15, -0.1) is 0 Å². The van der Waals surface area contributed by atoms with Gasteiger partial charge in [0.2, 0.25) is 11.8 Å². The second-order valence-electron chi connectivity index (χ2n) is 7.77. The van der Waals surface area contributed by atoms with Gasteiger partial charge in [0, 0.05) is 34.7 Å². The number of benzene rings is 1. The van der Waals surface area contributed by atoms with Crippen molar-refractivity contribution in [3.63, 3.8) is 0 Å². The Labute approximate surface area is 154 Å². The van der Waals surface area contributed by atoms with Crippen LogP contribution < -0.4 is 5.32 Å². The highest BCUT2D eigenvalue weighted by Crippen LogP contribution is 2.29. The molecule has 0 radical (unpaired) electrons. The van der Waals surface area contributed by atoms with Gasteiger partial charge in [0.15, 0.2) is 0 Å². The van der Waals surface area contributed by atoms with Crippen molar-refractivity contribution in [1.29, 1.82) is 0 Å². The van der Waals surface area contributed by atoms with E-state index in [1.807, 2.05) is 30.0 Å². The van der Waals surface area contributed by atoms with Crippen LogP contribution in [0.15, 0.2) is 24.3 Å². The zero-order valence-electron chi connectivity index (χ0n) is 15.4. The number of aromatic nitrogens is 1. The molecule has 4 rings (SSSR count). The number of aromatic amines is 1. The molecule has 5 heteroatoms. The van der Waals surface area contributed by atoms with Gasteiger partial charge < -0.3 is 15.2 Å². The number of rotatable bonds is 3. The summed E-state index contributed by atoms with van der Waals surface area (Å²) in [5.41, 5.74) is 2.96. The molecule has 1 aromatic carbocycles. The number of H-pyrrole nitrogens is 1. The van der Waals surface area contributed by atoms with Crippen LogP contribution in [0.5, 0.6) is 0 Å². The Bertz CT molecular complexity index is 820. The normalized spacial score (nSPS) is 21.3. The Morgan fingerprint density at radius 1 is 1.08 bits per heavy atom. The first-order valence-electron chi connectivity index (χ1n) is 9.82. The summed E-state index contributed by atoms with van der Waals surface area (Å²) in [5.74, 6) is 0.258. The van der Waals surface area contributed by atoms with Crippen molar-refractivity contribution in [2.75, 3.05) is 11.9 Å². The minimum absolute atomic E-state index is 0.0572. The van der Waals surface area contributed by atoms with Crippen molar-refractivity contribution >= 4 is 28.4 Å². The van der Waals surface area contributed by atoms with E-state index in [0.29, 0.717) is 6.54 Å².